The van der Waals surface area contributed by atoms with Crippen LogP contribution in [0.3, 0.4) is 0 Å². The van der Waals surface area contributed by atoms with Gasteiger partial charge in [0, 0.05) is 19.4 Å². The van der Waals surface area contributed by atoms with E-state index in [-0.39, 0.29) is 32.6 Å². The molecule has 0 heterocycles. The molecule has 0 aromatic carbocycles. The molecule has 0 rings (SSSR count). The van der Waals surface area contributed by atoms with E-state index in [0.717, 1.165) is 38.5 Å². The fourth-order valence-corrected chi connectivity index (χ4v) is 6.90. The number of ether oxygens (including phenoxy) is 2. The Kier molecular flexibility index (Phi) is 40.5. The summed E-state index contributed by atoms with van der Waals surface area (Å²) in [5, 5.41) is 0. The summed E-state index contributed by atoms with van der Waals surface area (Å²) >= 11 is 0. The van der Waals surface area contributed by atoms with Gasteiger partial charge in [-0.1, -0.05) is 166 Å². The Balaban J connectivity index is 4.19. The van der Waals surface area contributed by atoms with Crippen LogP contribution in [0.4, 0.5) is 0 Å². The number of phosphoric ester groups is 1. The number of unbranched alkanes of at least 4 members (excludes halogenated alkanes) is 23. The molecule has 0 radical (unpaired) electrons. The van der Waals surface area contributed by atoms with Crippen LogP contribution in [-0.4, -0.2) is 49.3 Å². The number of hydrogen-bond donors (Lipinski definition) is 2. The molecule has 10 heteroatoms. The highest BCUT2D eigenvalue weighted by Crippen LogP contribution is 2.43. The third kappa shape index (κ3) is 41.7. The molecule has 0 aromatic rings. The average Bonchev–Trinajstić information content (AvgIpc) is 3.17. The number of esters is 2. The molecule has 0 aromatic heterocycles. The van der Waals surface area contributed by atoms with Gasteiger partial charge in [0.05, 0.1) is 13.2 Å². The first kappa shape index (κ1) is 53.2. The van der Waals surface area contributed by atoms with Gasteiger partial charge in [0.2, 0.25) is 0 Å². The molecule has 0 fully saturated rings. The number of carbonyl (C=O) groups is 2. The number of allylic oxidation sites excluding steroid dienone is 6. The molecule has 0 aliphatic carbocycles. The van der Waals surface area contributed by atoms with Crippen molar-refractivity contribution < 1.29 is 37.6 Å². The Labute approximate surface area is 337 Å². The van der Waals surface area contributed by atoms with Crippen LogP contribution in [0.25, 0.3) is 0 Å². The Hall–Kier alpha value is -1.77. The van der Waals surface area contributed by atoms with Crippen LogP contribution in [0.5, 0.6) is 0 Å². The maximum absolute atomic E-state index is 12.6. The Morgan fingerprint density at radius 1 is 0.545 bits per heavy atom. The molecule has 1 unspecified atom stereocenters. The third-order valence-electron chi connectivity index (χ3n) is 9.50. The van der Waals surface area contributed by atoms with Gasteiger partial charge in [0.1, 0.15) is 6.61 Å². The topological polar surface area (TPSA) is 134 Å². The molecule has 3 N–H and O–H groups in total. The SMILES string of the molecule is CCCCCC/C=C/CCCCCCCCCCCC(=O)OC[C@H](COP(=O)(O)OCCN)OC(=O)CCC/C=C/C/C=C/CCCCCCCCCCC. The van der Waals surface area contributed by atoms with Crippen LogP contribution in [0.2, 0.25) is 0 Å². The zero-order valence-electron chi connectivity index (χ0n) is 35.4. The largest absolute Gasteiger partial charge is 0.472 e. The molecule has 55 heavy (non-hydrogen) atoms. The molecule has 0 saturated heterocycles. The normalized spacial score (nSPS) is 13.6. The molecular weight excluding hydrogens is 713 g/mol. The molecule has 0 aliphatic rings. The Morgan fingerprint density at radius 3 is 1.47 bits per heavy atom. The van der Waals surface area contributed by atoms with Crippen molar-refractivity contribution in [2.75, 3.05) is 26.4 Å². The van der Waals surface area contributed by atoms with Gasteiger partial charge < -0.3 is 20.1 Å². The molecule has 0 amide bonds. The maximum Gasteiger partial charge on any atom is 0.472 e. The molecule has 322 valence electrons. The number of hydrogen-bond acceptors (Lipinski definition) is 8. The minimum absolute atomic E-state index is 0.0471. The van der Waals surface area contributed by atoms with E-state index >= 15 is 0 Å². The Bertz CT molecular complexity index is 1000. The van der Waals surface area contributed by atoms with E-state index in [1.165, 1.54) is 135 Å². The lowest BCUT2D eigenvalue weighted by molar-refractivity contribution is -0.161. The van der Waals surface area contributed by atoms with Gasteiger partial charge in [0.25, 0.3) is 0 Å². The Morgan fingerprint density at radius 2 is 0.964 bits per heavy atom. The fourth-order valence-electron chi connectivity index (χ4n) is 6.14. The minimum atomic E-state index is -4.39. The van der Waals surface area contributed by atoms with E-state index in [0.29, 0.717) is 6.42 Å². The van der Waals surface area contributed by atoms with Gasteiger partial charge >= 0.3 is 19.8 Å². The van der Waals surface area contributed by atoms with E-state index in [1.807, 2.05) is 0 Å². The zero-order valence-corrected chi connectivity index (χ0v) is 36.3. The highest BCUT2D eigenvalue weighted by atomic mass is 31.2. The van der Waals surface area contributed by atoms with Crippen LogP contribution < -0.4 is 5.73 Å². The lowest BCUT2D eigenvalue weighted by atomic mass is 10.1. The van der Waals surface area contributed by atoms with Gasteiger partial charge in [-0.2, -0.15) is 0 Å². The summed E-state index contributed by atoms with van der Waals surface area (Å²) in [6.45, 7) is 3.68. The predicted octanol–water partition coefficient (Wildman–Crippen LogP) is 12.9. The number of carbonyl (C=O) groups excluding carboxylic acids is 2. The second-order valence-corrected chi connectivity index (χ2v) is 16.4. The molecular formula is C45H84NO8P. The summed E-state index contributed by atoms with van der Waals surface area (Å²) in [4.78, 5) is 34.9. The predicted molar refractivity (Wildman–Crippen MR) is 229 cm³/mol. The summed E-state index contributed by atoms with van der Waals surface area (Å²) in [5.41, 5.74) is 5.35. The maximum atomic E-state index is 12.6. The second-order valence-electron chi connectivity index (χ2n) is 14.9. The molecule has 0 saturated carbocycles. The summed E-state index contributed by atoms with van der Waals surface area (Å²) in [5.74, 6) is -0.880. The van der Waals surface area contributed by atoms with Crippen molar-refractivity contribution in [2.45, 2.75) is 213 Å². The zero-order chi connectivity index (χ0) is 40.3. The van der Waals surface area contributed by atoms with Crippen molar-refractivity contribution in [3.05, 3.63) is 36.5 Å². The molecule has 0 aliphatic heterocycles. The first-order valence-corrected chi connectivity index (χ1v) is 24.0. The lowest BCUT2D eigenvalue weighted by Gasteiger charge is -2.19. The van der Waals surface area contributed by atoms with Crippen molar-refractivity contribution in [1.82, 2.24) is 0 Å². The standard InChI is InChI=1S/C45H84NO8P/c1-3-5-7-9-11-13-15-17-19-21-23-25-27-29-31-33-35-37-44(47)51-41-43(42-53-55(49,50)52-40-39-46)54-45(48)38-36-34-32-30-28-26-24-22-20-18-16-14-12-10-8-6-4-2/h13,15,24,26,30,32,43H,3-12,14,16-23,25,27-29,31,33-42,46H2,1-2H3,(H,49,50)/b15-13+,26-24+,32-30+/t43-/m1/s1. The van der Waals surface area contributed by atoms with E-state index in [2.05, 4.69) is 50.3 Å². The summed E-state index contributed by atoms with van der Waals surface area (Å²) < 4.78 is 32.7. The van der Waals surface area contributed by atoms with Gasteiger partial charge in [-0.25, -0.2) is 4.57 Å². The fraction of sp³-hybridized carbons (Fsp3) is 0.822. The third-order valence-corrected chi connectivity index (χ3v) is 10.5. The molecule has 9 nitrogen and oxygen atoms in total. The van der Waals surface area contributed by atoms with Crippen molar-refractivity contribution in [1.29, 1.82) is 0 Å². The van der Waals surface area contributed by atoms with Gasteiger partial charge in [-0.3, -0.25) is 18.6 Å². The first-order chi connectivity index (χ1) is 26.8. The van der Waals surface area contributed by atoms with Crippen LogP contribution in [-0.2, 0) is 32.7 Å². The highest BCUT2D eigenvalue weighted by molar-refractivity contribution is 7.47. The summed E-state index contributed by atoms with van der Waals surface area (Å²) in [6.07, 6.45) is 46.1. The summed E-state index contributed by atoms with van der Waals surface area (Å²) in [7, 11) is -4.39. The van der Waals surface area contributed by atoms with Crippen LogP contribution in [0.15, 0.2) is 36.5 Å². The van der Waals surface area contributed by atoms with Crippen LogP contribution in [0.1, 0.15) is 206 Å². The minimum Gasteiger partial charge on any atom is -0.462 e. The van der Waals surface area contributed by atoms with Gasteiger partial charge in [-0.15, -0.1) is 0 Å². The average molecular weight is 798 g/mol. The summed E-state index contributed by atoms with van der Waals surface area (Å²) in [6, 6.07) is 0. The smallest absolute Gasteiger partial charge is 0.462 e. The van der Waals surface area contributed by atoms with E-state index in [1.54, 1.807) is 0 Å². The van der Waals surface area contributed by atoms with E-state index in [9.17, 15) is 19.0 Å². The van der Waals surface area contributed by atoms with Gasteiger partial charge in [-0.05, 0) is 64.2 Å². The molecule has 0 spiro atoms. The van der Waals surface area contributed by atoms with Crippen molar-refractivity contribution >= 4 is 19.8 Å². The quantitative estimate of drug-likeness (QED) is 0.0268. The molecule has 0 bridgehead atoms. The van der Waals surface area contributed by atoms with E-state index in [4.69, 9.17) is 24.3 Å². The first-order valence-electron chi connectivity index (χ1n) is 22.5. The van der Waals surface area contributed by atoms with Crippen molar-refractivity contribution in [2.24, 2.45) is 5.73 Å². The number of nitrogens with two attached hydrogens (primary N) is 1. The second kappa shape index (κ2) is 41.9. The lowest BCUT2D eigenvalue weighted by Crippen LogP contribution is -2.29. The number of rotatable bonds is 42. The monoisotopic (exact) mass is 798 g/mol. The van der Waals surface area contributed by atoms with Crippen LogP contribution >= 0.6 is 7.82 Å². The van der Waals surface area contributed by atoms with Crippen molar-refractivity contribution in [3.63, 3.8) is 0 Å². The van der Waals surface area contributed by atoms with Crippen LogP contribution in [0, 0.1) is 0 Å². The number of phosphoric acid groups is 1. The highest BCUT2D eigenvalue weighted by Gasteiger charge is 2.25. The molecule has 2 atom stereocenters. The van der Waals surface area contributed by atoms with Crippen molar-refractivity contribution in [3.8, 4) is 0 Å². The van der Waals surface area contributed by atoms with E-state index < -0.39 is 32.5 Å². The van der Waals surface area contributed by atoms with Gasteiger partial charge in [0.15, 0.2) is 6.10 Å².